The second-order valence-electron chi connectivity index (χ2n) is 21.7. The van der Waals surface area contributed by atoms with Gasteiger partial charge < -0.3 is 33.3 Å². The summed E-state index contributed by atoms with van der Waals surface area (Å²) in [5.41, 5.74) is 0. The van der Waals surface area contributed by atoms with Crippen molar-refractivity contribution in [3.8, 4) is 0 Å². The molecule has 68 heavy (non-hydrogen) atoms. The molecule has 0 N–H and O–H groups in total. The van der Waals surface area contributed by atoms with Gasteiger partial charge in [-0.15, -0.1) is 0 Å². The minimum atomic E-state index is -1.61. The van der Waals surface area contributed by atoms with Crippen molar-refractivity contribution in [1.82, 2.24) is 0 Å². The third-order valence-electron chi connectivity index (χ3n) is 13.6. The highest BCUT2D eigenvalue weighted by atomic mass is 16.7. The lowest BCUT2D eigenvalue weighted by atomic mass is 10.0. The molecule has 0 aromatic rings. The van der Waals surface area contributed by atoms with Crippen LogP contribution in [0.2, 0.25) is 0 Å². The van der Waals surface area contributed by atoms with Crippen LogP contribution in [0.1, 0.15) is 303 Å². The van der Waals surface area contributed by atoms with Crippen LogP contribution in [0.25, 0.3) is 0 Å². The van der Waals surface area contributed by atoms with Crippen LogP contribution >= 0.6 is 0 Å². The average Bonchev–Trinajstić information content (AvgIpc) is 3.30. The van der Waals surface area contributed by atoms with Crippen molar-refractivity contribution < 1.29 is 42.9 Å². The van der Waals surface area contributed by atoms with E-state index < -0.39 is 24.3 Å². The summed E-state index contributed by atoms with van der Waals surface area (Å²) in [6.07, 6.45) is 54.4. The maximum absolute atomic E-state index is 12.9. The van der Waals surface area contributed by atoms with Crippen molar-refractivity contribution in [3.05, 3.63) is 0 Å². The van der Waals surface area contributed by atoms with E-state index in [2.05, 4.69) is 13.8 Å². The number of carboxylic acid groups (broad SMARTS) is 1. The molecule has 9 nitrogen and oxygen atoms in total. The first-order valence-corrected chi connectivity index (χ1v) is 29.7. The van der Waals surface area contributed by atoms with Gasteiger partial charge in [-0.25, -0.2) is 0 Å². The number of likely N-dealkylation sites (N-methyl/N-ethyl adjacent to an activating group) is 1. The Balaban J connectivity index is 4.12. The van der Waals surface area contributed by atoms with Crippen molar-refractivity contribution in [2.75, 3.05) is 47.5 Å². The Bertz CT molecular complexity index is 1080. The Morgan fingerprint density at radius 2 is 0.662 bits per heavy atom. The predicted molar refractivity (Wildman–Crippen MR) is 284 cm³/mol. The van der Waals surface area contributed by atoms with Crippen molar-refractivity contribution in [2.45, 2.75) is 315 Å². The number of aliphatic carboxylic acids is 1. The molecule has 0 heterocycles. The van der Waals surface area contributed by atoms with Gasteiger partial charge in [0.1, 0.15) is 13.2 Å². The maximum atomic E-state index is 12.9. The lowest BCUT2D eigenvalue weighted by Crippen LogP contribution is -2.44. The average molecular weight is 967 g/mol. The van der Waals surface area contributed by atoms with Crippen LogP contribution in [0.5, 0.6) is 0 Å². The predicted octanol–water partition coefficient (Wildman–Crippen LogP) is 15.9. The molecule has 0 aromatic carbocycles. The SMILES string of the molecule is CCCCCCCCCCCCCCCCCCCCCCCCCCCCCC(=O)OC(COC(=O)CCCCCCCCCCCCCCCCCC)COC(OCC[N+](C)(C)C)C(=O)[O-]. The first-order valence-electron chi connectivity index (χ1n) is 29.7. The Hall–Kier alpha value is -1.71. The molecule has 0 amide bonds. The maximum Gasteiger partial charge on any atom is 0.306 e. The van der Waals surface area contributed by atoms with E-state index in [1.807, 2.05) is 21.1 Å². The number of ether oxygens (including phenoxy) is 4. The smallest absolute Gasteiger partial charge is 0.306 e. The molecule has 0 saturated heterocycles. The number of unbranched alkanes of at least 4 members (excludes halogenated alkanes) is 41. The Morgan fingerprint density at radius 1 is 0.382 bits per heavy atom. The summed E-state index contributed by atoms with van der Waals surface area (Å²) < 4.78 is 22.7. The summed E-state index contributed by atoms with van der Waals surface area (Å²) in [4.78, 5) is 37.3. The molecule has 404 valence electrons. The molecule has 0 spiro atoms. The van der Waals surface area contributed by atoms with Crippen LogP contribution in [0, 0.1) is 0 Å². The van der Waals surface area contributed by atoms with Crippen molar-refractivity contribution in [2.24, 2.45) is 0 Å². The number of esters is 2. The van der Waals surface area contributed by atoms with Gasteiger partial charge in [-0.1, -0.05) is 277 Å². The number of carbonyl (C=O) groups is 3. The van der Waals surface area contributed by atoms with E-state index in [1.54, 1.807) is 0 Å². The van der Waals surface area contributed by atoms with Crippen LogP contribution in [-0.4, -0.2) is 82.3 Å². The second kappa shape index (κ2) is 51.6. The molecule has 0 aliphatic heterocycles. The zero-order valence-electron chi connectivity index (χ0n) is 46.0. The lowest BCUT2D eigenvalue weighted by Gasteiger charge is -2.26. The van der Waals surface area contributed by atoms with E-state index in [9.17, 15) is 19.5 Å². The fourth-order valence-corrected chi connectivity index (χ4v) is 9.01. The summed E-state index contributed by atoms with van der Waals surface area (Å²) in [7, 11) is 5.94. The molecule has 2 unspecified atom stereocenters. The van der Waals surface area contributed by atoms with E-state index in [1.165, 1.54) is 238 Å². The summed E-state index contributed by atoms with van der Waals surface area (Å²) >= 11 is 0. The standard InChI is InChI=1S/C59H115NO8/c1-6-8-10-12-14-16-18-20-22-24-25-26-27-28-29-30-31-32-33-34-36-38-40-42-44-46-48-50-57(62)68-55(54-67-59(58(63)64)65-52-51-60(3,4)5)53-66-56(61)49-47-45-43-41-39-37-35-23-21-19-17-15-13-11-9-7-2/h55,59H,6-54H2,1-5H3. The Morgan fingerprint density at radius 3 is 0.941 bits per heavy atom. The normalized spacial score (nSPS) is 12.7. The third-order valence-corrected chi connectivity index (χ3v) is 13.6. The van der Waals surface area contributed by atoms with Gasteiger partial charge in [0, 0.05) is 12.8 Å². The van der Waals surface area contributed by atoms with Crippen molar-refractivity contribution in [1.29, 1.82) is 0 Å². The van der Waals surface area contributed by atoms with Crippen LogP contribution in [-0.2, 0) is 33.3 Å². The highest BCUT2D eigenvalue weighted by Gasteiger charge is 2.22. The van der Waals surface area contributed by atoms with Gasteiger partial charge in [-0.2, -0.15) is 0 Å². The number of hydrogen-bond acceptors (Lipinski definition) is 8. The van der Waals surface area contributed by atoms with E-state index in [-0.39, 0.29) is 32.2 Å². The molecular formula is C59H115NO8. The minimum Gasteiger partial charge on any atom is -0.545 e. The third kappa shape index (κ3) is 52.1. The quantitative estimate of drug-likeness (QED) is 0.0256. The van der Waals surface area contributed by atoms with Gasteiger partial charge in [0.05, 0.1) is 40.3 Å². The molecule has 0 aliphatic carbocycles. The molecule has 0 saturated carbocycles. The van der Waals surface area contributed by atoms with Gasteiger partial charge in [0.25, 0.3) is 0 Å². The Labute approximate surface area is 422 Å². The highest BCUT2D eigenvalue weighted by Crippen LogP contribution is 2.18. The van der Waals surface area contributed by atoms with Crippen molar-refractivity contribution in [3.63, 3.8) is 0 Å². The second-order valence-corrected chi connectivity index (χ2v) is 21.7. The monoisotopic (exact) mass is 966 g/mol. The molecule has 0 fully saturated rings. The van der Waals surface area contributed by atoms with Gasteiger partial charge in [-0.3, -0.25) is 9.59 Å². The first kappa shape index (κ1) is 66.3. The lowest BCUT2D eigenvalue weighted by molar-refractivity contribution is -0.870. The number of carboxylic acids is 1. The topological polar surface area (TPSA) is 111 Å². The highest BCUT2D eigenvalue weighted by molar-refractivity contribution is 5.70. The molecular weight excluding hydrogens is 851 g/mol. The molecule has 0 radical (unpaired) electrons. The van der Waals surface area contributed by atoms with Crippen LogP contribution in [0.3, 0.4) is 0 Å². The van der Waals surface area contributed by atoms with Crippen LogP contribution in [0.4, 0.5) is 0 Å². The fraction of sp³-hybridized carbons (Fsp3) is 0.949. The summed E-state index contributed by atoms with van der Waals surface area (Å²) in [5.74, 6) is -2.25. The fourth-order valence-electron chi connectivity index (χ4n) is 9.01. The molecule has 2 atom stereocenters. The first-order chi connectivity index (χ1) is 33.1. The molecule has 0 rings (SSSR count). The van der Waals surface area contributed by atoms with E-state index in [0.717, 1.165) is 38.5 Å². The van der Waals surface area contributed by atoms with E-state index in [0.29, 0.717) is 17.4 Å². The summed E-state index contributed by atoms with van der Waals surface area (Å²) in [5, 5.41) is 11.8. The Kier molecular flexibility index (Phi) is 50.3. The van der Waals surface area contributed by atoms with Crippen LogP contribution < -0.4 is 5.11 Å². The van der Waals surface area contributed by atoms with Gasteiger partial charge in [0.15, 0.2) is 12.4 Å². The van der Waals surface area contributed by atoms with E-state index in [4.69, 9.17) is 18.9 Å². The van der Waals surface area contributed by atoms with Crippen molar-refractivity contribution >= 4 is 17.9 Å². The van der Waals surface area contributed by atoms with Gasteiger partial charge in [0.2, 0.25) is 0 Å². The molecule has 9 heteroatoms. The molecule has 0 bridgehead atoms. The summed E-state index contributed by atoms with van der Waals surface area (Å²) in [6, 6.07) is 0. The zero-order chi connectivity index (χ0) is 49.9. The van der Waals surface area contributed by atoms with Gasteiger partial charge >= 0.3 is 11.9 Å². The summed E-state index contributed by atoms with van der Waals surface area (Å²) in [6.45, 7) is 4.82. The minimum absolute atomic E-state index is 0.153. The zero-order valence-corrected chi connectivity index (χ0v) is 46.0. The van der Waals surface area contributed by atoms with Gasteiger partial charge in [-0.05, 0) is 12.8 Å². The van der Waals surface area contributed by atoms with E-state index >= 15 is 0 Å². The number of quaternary nitrogens is 1. The largest absolute Gasteiger partial charge is 0.545 e. The number of hydrogen-bond donors (Lipinski definition) is 0. The van der Waals surface area contributed by atoms with Crippen LogP contribution in [0.15, 0.2) is 0 Å². The molecule has 0 aromatic heterocycles. The number of carbonyl (C=O) groups excluding carboxylic acids is 3. The number of rotatable bonds is 56. The molecule has 0 aliphatic rings. The number of nitrogens with zero attached hydrogens (tertiary/aromatic N) is 1.